The highest BCUT2D eigenvalue weighted by Gasteiger charge is 2.19. The summed E-state index contributed by atoms with van der Waals surface area (Å²) in [5.41, 5.74) is 3.51. The van der Waals surface area contributed by atoms with Crippen molar-refractivity contribution in [3.63, 3.8) is 0 Å². The van der Waals surface area contributed by atoms with Crippen LogP contribution in [0.15, 0.2) is 48.8 Å². The second-order valence-electron chi connectivity index (χ2n) is 6.67. The van der Waals surface area contributed by atoms with Gasteiger partial charge < -0.3 is 9.30 Å². The molecule has 3 aromatic rings. The Kier molecular flexibility index (Phi) is 4.07. The molecule has 0 bridgehead atoms. The van der Waals surface area contributed by atoms with E-state index in [-0.39, 0.29) is 5.82 Å². The van der Waals surface area contributed by atoms with E-state index in [0.717, 1.165) is 29.9 Å². The number of benzene rings is 1. The van der Waals surface area contributed by atoms with Crippen LogP contribution in [0.25, 0.3) is 16.8 Å². The number of imidazole rings is 1. The SMILES string of the molecule is C[C@@H]1CCCN1CCc1cn2cc(-c3ccccc3F)ccc2n1. The van der Waals surface area contributed by atoms with E-state index in [9.17, 15) is 4.39 Å². The zero-order valence-electron chi connectivity index (χ0n) is 14.0. The lowest BCUT2D eigenvalue weighted by Gasteiger charge is -2.19. The first kappa shape index (κ1) is 15.3. The van der Waals surface area contributed by atoms with Gasteiger partial charge in [0.2, 0.25) is 0 Å². The lowest BCUT2D eigenvalue weighted by molar-refractivity contribution is 0.271. The Balaban J connectivity index is 1.56. The molecule has 1 fully saturated rings. The number of hydrogen-bond donors (Lipinski definition) is 0. The Morgan fingerprint density at radius 1 is 1.17 bits per heavy atom. The maximum atomic E-state index is 14.0. The van der Waals surface area contributed by atoms with Gasteiger partial charge in [0, 0.05) is 42.5 Å². The van der Waals surface area contributed by atoms with Crippen LogP contribution in [0.3, 0.4) is 0 Å². The van der Waals surface area contributed by atoms with Gasteiger partial charge in [0.05, 0.1) is 5.69 Å². The van der Waals surface area contributed by atoms with E-state index in [1.165, 1.54) is 25.5 Å². The second kappa shape index (κ2) is 6.36. The third-order valence-corrected chi connectivity index (χ3v) is 5.03. The van der Waals surface area contributed by atoms with Crippen molar-refractivity contribution in [2.24, 2.45) is 0 Å². The molecule has 24 heavy (non-hydrogen) atoms. The molecule has 124 valence electrons. The molecule has 4 rings (SSSR count). The molecule has 1 aliphatic rings. The third kappa shape index (κ3) is 2.94. The molecule has 1 saturated heterocycles. The van der Waals surface area contributed by atoms with Gasteiger partial charge in [0.1, 0.15) is 11.5 Å². The molecule has 3 nitrogen and oxygen atoms in total. The zero-order chi connectivity index (χ0) is 16.5. The summed E-state index contributed by atoms with van der Waals surface area (Å²) in [6.45, 7) is 4.56. The molecule has 0 aliphatic carbocycles. The maximum absolute atomic E-state index is 14.0. The van der Waals surface area contributed by atoms with E-state index in [4.69, 9.17) is 4.98 Å². The molecule has 0 amide bonds. The standard InChI is InChI=1S/C20H22FN3/c1-15-5-4-11-23(15)12-10-17-14-24-13-16(8-9-20(24)22-17)18-6-2-3-7-19(18)21/h2-3,6-9,13-15H,4-5,10-12H2,1H3/t15-/m1/s1. The highest BCUT2D eigenvalue weighted by molar-refractivity contribution is 5.65. The summed E-state index contributed by atoms with van der Waals surface area (Å²) in [7, 11) is 0. The fourth-order valence-corrected chi connectivity index (χ4v) is 3.60. The molecule has 0 unspecified atom stereocenters. The molecule has 1 atom stereocenters. The number of nitrogens with zero attached hydrogens (tertiary/aromatic N) is 3. The summed E-state index contributed by atoms with van der Waals surface area (Å²) < 4.78 is 16.0. The molecule has 3 heterocycles. The van der Waals surface area contributed by atoms with Gasteiger partial charge in [0.25, 0.3) is 0 Å². The summed E-state index contributed by atoms with van der Waals surface area (Å²) in [5.74, 6) is -0.194. The van der Waals surface area contributed by atoms with Crippen molar-refractivity contribution in [3.8, 4) is 11.1 Å². The number of halogens is 1. The van der Waals surface area contributed by atoms with Crippen LogP contribution in [0.5, 0.6) is 0 Å². The first-order valence-electron chi connectivity index (χ1n) is 8.67. The number of rotatable bonds is 4. The van der Waals surface area contributed by atoms with Crippen molar-refractivity contribution in [2.45, 2.75) is 32.2 Å². The zero-order valence-corrected chi connectivity index (χ0v) is 14.0. The van der Waals surface area contributed by atoms with Crippen molar-refractivity contribution >= 4 is 5.65 Å². The number of likely N-dealkylation sites (tertiary alicyclic amines) is 1. The summed E-state index contributed by atoms with van der Waals surface area (Å²) >= 11 is 0. The van der Waals surface area contributed by atoms with Crippen LogP contribution in [0.1, 0.15) is 25.5 Å². The highest BCUT2D eigenvalue weighted by Crippen LogP contribution is 2.23. The van der Waals surface area contributed by atoms with Gasteiger partial charge >= 0.3 is 0 Å². The summed E-state index contributed by atoms with van der Waals surface area (Å²) in [5, 5.41) is 0. The van der Waals surface area contributed by atoms with Gasteiger partial charge in [-0.05, 0) is 44.5 Å². The monoisotopic (exact) mass is 323 g/mol. The second-order valence-corrected chi connectivity index (χ2v) is 6.67. The van der Waals surface area contributed by atoms with Crippen molar-refractivity contribution in [2.75, 3.05) is 13.1 Å². The Morgan fingerprint density at radius 2 is 2.04 bits per heavy atom. The normalized spacial score (nSPS) is 18.5. The first-order chi connectivity index (χ1) is 11.7. The third-order valence-electron chi connectivity index (χ3n) is 5.03. The van der Waals surface area contributed by atoms with Gasteiger partial charge in [-0.15, -0.1) is 0 Å². The summed E-state index contributed by atoms with van der Waals surface area (Å²) in [6, 6.07) is 11.5. The summed E-state index contributed by atoms with van der Waals surface area (Å²) in [4.78, 5) is 7.23. The van der Waals surface area contributed by atoms with Crippen LogP contribution in [-0.4, -0.2) is 33.4 Å². The average molecular weight is 323 g/mol. The topological polar surface area (TPSA) is 20.5 Å². The van der Waals surface area contributed by atoms with E-state index in [1.807, 2.05) is 34.9 Å². The number of fused-ring (bicyclic) bond motifs is 1. The number of aromatic nitrogens is 2. The van der Waals surface area contributed by atoms with Gasteiger partial charge in [-0.2, -0.15) is 0 Å². The van der Waals surface area contributed by atoms with Crippen LogP contribution < -0.4 is 0 Å². The molecular formula is C20H22FN3. The van der Waals surface area contributed by atoms with Gasteiger partial charge in [-0.3, -0.25) is 0 Å². The average Bonchev–Trinajstić information content (AvgIpc) is 3.18. The number of pyridine rings is 1. The quantitative estimate of drug-likeness (QED) is 0.718. The molecular weight excluding hydrogens is 301 g/mol. The van der Waals surface area contributed by atoms with E-state index >= 15 is 0 Å². The molecule has 0 saturated carbocycles. The fourth-order valence-electron chi connectivity index (χ4n) is 3.60. The molecule has 1 aliphatic heterocycles. The lowest BCUT2D eigenvalue weighted by Crippen LogP contribution is -2.29. The Labute approximate surface area is 141 Å². The van der Waals surface area contributed by atoms with Crippen LogP contribution >= 0.6 is 0 Å². The minimum Gasteiger partial charge on any atom is -0.306 e. The van der Waals surface area contributed by atoms with Gasteiger partial charge in [0.15, 0.2) is 0 Å². The Bertz CT molecular complexity index is 855. The van der Waals surface area contributed by atoms with Crippen molar-refractivity contribution in [1.82, 2.24) is 14.3 Å². The van der Waals surface area contributed by atoms with E-state index in [2.05, 4.69) is 18.0 Å². The predicted octanol–water partition coefficient (Wildman–Crippen LogP) is 4.17. The number of hydrogen-bond acceptors (Lipinski definition) is 2. The summed E-state index contributed by atoms with van der Waals surface area (Å²) in [6.07, 6.45) is 7.60. The first-order valence-corrected chi connectivity index (χ1v) is 8.67. The largest absolute Gasteiger partial charge is 0.306 e. The predicted molar refractivity (Wildman–Crippen MR) is 94.6 cm³/mol. The minimum atomic E-state index is -0.194. The van der Waals surface area contributed by atoms with Crippen LogP contribution in [0, 0.1) is 5.82 Å². The van der Waals surface area contributed by atoms with Crippen LogP contribution in [-0.2, 0) is 6.42 Å². The molecule has 1 aromatic carbocycles. The van der Waals surface area contributed by atoms with E-state index in [0.29, 0.717) is 11.6 Å². The fraction of sp³-hybridized carbons (Fsp3) is 0.350. The van der Waals surface area contributed by atoms with Crippen molar-refractivity contribution in [1.29, 1.82) is 0 Å². The Morgan fingerprint density at radius 3 is 2.83 bits per heavy atom. The van der Waals surface area contributed by atoms with Gasteiger partial charge in [-0.1, -0.05) is 18.2 Å². The molecule has 0 radical (unpaired) electrons. The lowest BCUT2D eigenvalue weighted by atomic mass is 10.1. The highest BCUT2D eigenvalue weighted by atomic mass is 19.1. The maximum Gasteiger partial charge on any atom is 0.137 e. The molecule has 0 spiro atoms. The Hall–Kier alpha value is -2.20. The van der Waals surface area contributed by atoms with E-state index in [1.54, 1.807) is 6.07 Å². The van der Waals surface area contributed by atoms with Crippen LogP contribution in [0.2, 0.25) is 0 Å². The molecule has 4 heteroatoms. The molecule has 2 aromatic heterocycles. The van der Waals surface area contributed by atoms with Crippen molar-refractivity contribution < 1.29 is 4.39 Å². The van der Waals surface area contributed by atoms with E-state index < -0.39 is 0 Å². The minimum absolute atomic E-state index is 0.194. The van der Waals surface area contributed by atoms with Gasteiger partial charge in [-0.25, -0.2) is 9.37 Å². The smallest absolute Gasteiger partial charge is 0.137 e. The van der Waals surface area contributed by atoms with Crippen molar-refractivity contribution in [3.05, 3.63) is 60.3 Å². The van der Waals surface area contributed by atoms with Crippen LogP contribution in [0.4, 0.5) is 4.39 Å². The molecule has 0 N–H and O–H groups in total.